The van der Waals surface area contributed by atoms with Crippen LogP contribution in [0.2, 0.25) is 0 Å². The average Bonchev–Trinajstić information content (AvgIpc) is 2.45. The van der Waals surface area contributed by atoms with Crippen molar-refractivity contribution in [2.75, 3.05) is 26.3 Å². The number of hydrogen-bond acceptors (Lipinski definition) is 3. The summed E-state index contributed by atoms with van der Waals surface area (Å²) in [6.07, 6.45) is 9.44. The molecule has 0 aliphatic carbocycles. The van der Waals surface area contributed by atoms with Crippen molar-refractivity contribution >= 4 is 5.91 Å². The van der Waals surface area contributed by atoms with Gasteiger partial charge >= 0.3 is 0 Å². The molecule has 2 N–H and O–H groups in total. The van der Waals surface area contributed by atoms with Gasteiger partial charge in [-0.1, -0.05) is 45.4 Å². The zero-order valence-electron chi connectivity index (χ0n) is 12.4. The summed E-state index contributed by atoms with van der Waals surface area (Å²) in [7, 11) is 0. The summed E-state index contributed by atoms with van der Waals surface area (Å²) in [6.45, 7) is 5.30. The predicted octanol–water partition coefficient (Wildman–Crippen LogP) is 2.23. The van der Waals surface area contributed by atoms with Crippen LogP contribution in [0, 0.1) is 0 Å². The standard InChI is InChI=1S/C15H30N2O2/c1-2-3-4-5-6-7-8-9-15(18)17-12-14-13-19-11-10-16-14/h14,16H,2-13H2,1H3,(H,17,18). The molecule has 0 radical (unpaired) electrons. The van der Waals surface area contributed by atoms with Crippen LogP contribution in [0.4, 0.5) is 0 Å². The normalized spacial score (nSPS) is 19.3. The van der Waals surface area contributed by atoms with Crippen molar-refractivity contribution in [2.45, 2.75) is 64.3 Å². The molecule has 0 aromatic carbocycles. The van der Waals surface area contributed by atoms with Crippen LogP contribution in [0.25, 0.3) is 0 Å². The quantitative estimate of drug-likeness (QED) is 0.599. The van der Waals surface area contributed by atoms with E-state index in [9.17, 15) is 4.79 Å². The molecule has 1 fully saturated rings. The minimum absolute atomic E-state index is 0.181. The molecule has 112 valence electrons. The molecule has 1 rings (SSSR count). The molecule has 0 bridgehead atoms. The van der Waals surface area contributed by atoms with Crippen molar-refractivity contribution in [3.63, 3.8) is 0 Å². The molecule has 1 aliphatic heterocycles. The second kappa shape index (κ2) is 11.2. The molecule has 0 saturated carbocycles. The van der Waals surface area contributed by atoms with Crippen LogP contribution in [0.15, 0.2) is 0 Å². The van der Waals surface area contributed by atoms with Crippen LogP contribution in [-0.2, 0) is 9.53 Å². The lowest BCUT2D eigenvalue weighted by atomic mass is 10.1. The fraction of sp³-hybridized carbons (Fsp3) is 0.933. The topological polar surface area (TPSA) is 50.4 Å². The minimum Gasteiger partial charge on any atom is -0.378 e. The van der Waals surface area contributed by atoms with E-state index in [4.69, 9.17) is 4.74 Å². The summed E-state index contributed by atoms with van der Waals surface area (Å²) in [6, 6.07) is 0.284. The molecule has 1 unspecified atom stereocenters. The maximum absolute atomic E-state index is 11.6. The van der Waals surface area contributed by atoms with Crippen LogP contribution in [0.5, 0.6) is 0 Å². The lowest BCUT2D eigenvalue weighted by molar-refractivity contribution is -0.121. The zero-order valence-corrected chi connectivity index (χ0v) is 12.4. The summed E-state index contributed by atoms with van der Waals surface area (Å²) in [5, 5.41) is 6.31. The zero-order chi connectivity index (χ0) is 13.8. The number of hydrogen-bond donors (Lipinski definition) is 2. The molecule has 4 heteroatoms. The first-order chi connectivity index (χ1) is 9.33. The van der Waals surface area contributed by atoms with Gasteiger partial charge in [0.1, 0.15) is 0 Å². The van der Waals surface area contributed by atoms with Gasteiger partial charge in [-0.3, -0.25) is 4.79 Å². The van der Waals surface area contributed by atoms with Crippen LogP contribution in [0.3, 0.4) is 0 Å². The minimum atomic E-state index is 0.181. The number of unbranched alkanes of at least 4 members (excludes halogenated alkanes) is 6. The summed E-state index contributed by atoms with van der Waals surface area (Å²) in [5.74, 6) is 0.181. The van der Waals surface area contributed by atoms with Crippen molar-refractivity contribution in [2.24, 2.45) is 0 Å². The first-order valence-electron chi connectivity index (χ1n) is 7.90. The number of amides is 1. The Hall–Kier alpha value is -0.610. The first-order valence-corrected chi connectivity index (χ1v) is 7.90. The van der Waals surface area contributed by atoms with E-state index in [-0.39, 0.29) is 11.9 Å². The molecular weight excluding hydrogens is 240 g/mol. The molecule has 19 heavy (non-hydrogen) atoms. The van der Waals surface area contributed by atoms with Crippen molar-refractivity contribution in [1.29, 1.82) is 0 Å². The van der Waals surface area contributed by atoms with E-state index < -0.39 is 0 Å². The average molecular weight is 270 g/mol. The third-order valence-corrected chi connectivity index (χ3v) is 3.55. The molecule has 0 spiro atoms. The molecule has 0 aromatic heterocycles. The van der Waals surface area contributed by atoms with E-state index in [0.717, 1.165) is 19.6 Å². The maximum Gasteiger partial charge on any atom is 0.220 e. The van der Waals surface area contributed by atoms with Gasteiger partial charge < -0.3 is 15.4 Å². The molecule has 1 heterocycles. The lowest BCUT2D eigenvalue weighted by Crippen LogP contribution is -2.48. The third-order valence-electron chi connectivity index (χ3n) is 3.55. The highest BCUT2D eigenvalue weighted by Crippen LogP contribution is 2.08. The number of carbonyl (C=O) groups is 1. The van der Waals surface area contributed by atoms with E-state index in [1.54, 1.807) is 0 Å². The van der Waals surface area contributed by atoms with Gasteiger partial charge in [0.2, 0.25) is 5.91 Å². The molecule has 1 amide bonds. The third kappa shape index (κ3) is 9.00. The van der Waals surface area contributed by atoms with Gasteiger partial charge in [-0.05, 0) is 6.42 Å². The number of morpholine rings is 1. The van der Waals surface area contributed by atoms with Gasteiger partial charge in [-0.2, -0.15) is 0 Å². The Labute approximate surface area is 117 Å². The number of rotatable bonds is 10. The van der Waals surface area contributed by atoms with E-state index in [2.05, 4.69) is 17.6 Å². The van der Waals surface area contributed by atoms with E-state index in [0.29, 0.717) is 19.6 Å². The van der Waals surface area contributed by atoms with Gasteiger partial charge in [0.15, 0.2) is 0 Å². The Kier molecular flexibility index (Phi) is 9.72. The second-order valence-corrected chi connectivity index (χ2v) is 5.40. The van der Waals surface area contributed by atoms with Crippen LogP contribution in [-0.4, -0.2) is 38.3 Å². The van der Waals surface area contributed by atoms with Crippen molar-refractivity contribution in [3.05, 3.63) is 0 Å². The maximum atomic E-state index is 11.6. The molecular formula is C15H30N2O2. The van der Waals surface area contributed by atoms with E-state index >= 15 is 0 Å². The Morgan fingerprint density at radius 3 is 2.63 bits per heavy atom. The summed E-state index contributed by atoms with van der Waals surface area (Å²) >= 11 is 0. The highest BCUT2D eigenvalue weighted by Gasteiger charge is 2.13. The summed E-state index contributed by atoms with van der Waals surface area (Å²) in [4.78, 5) is 11.6. The molecule has 1 aliphatic rings. The monoisotopic (exact) mass is 270 g/mol. The largest absolute Gasteiger partial charge is 0.378 e. The van der Waals surface area contributed by atoms with Gasteiger partial charge in [0.05, 0.1) is 13.2 Å². The van der Waals surface area contributed by atoms with E-state index in [1.807, 2.05) is 0 Å². The van der Waals surface area contributed by atoms with Crippen molar-refractivity contribution < 1.29 is 9.53 Å². The lowest BCUT2D eigenvalue weighted by Gasteiger charge is -2.23. The number of nitrogens with one attached hydrogen (secondary N) is 2. The Balaban J connectivity index is 1.87. The Bertz CT molecular complexity index is 228. The fourth-order valence-corrected chi connectivity index (χ4v) is 2.32. The Morgan fingerprint density at radius 2 is 1.95 bits per heavy atom. The molecule has 1 atom stereocenters. The number of carbonyl (C=O) groups excluding carboxylic acids is 1. The first kappa shape index (κ1) is 16.4. The fourth-order valence-electron chi connectivity index (χ4n) is 2.32. The van der Waals surface area contributed by atoms with Gasteiger partial charge in [0.25, 0.3) is 0 Å². The van der Waals surface area contributed by atoms with Gasteiger partial charge in [-0.15, -0.1) is 0 Å². The summed E-state index contributed by atoms with van der Waals surface area (Å²) in [5.41, 5.74) is 0. The highest BCUT2D eigenvalue weighted by atomic mass is 16.5. The smallest absolute Gasteiger partial charge is 0.220 e. The number of ether oxygens (including phenoxy) is 1. The van der Waals surface area contributed by atoms with Gasteiger partial charge in [0, 0.05) is 25.6 Å². The highest BCUT2D eigenvalue weighted by molar-refractivity contribution is 5.75. The van der Waals surface area contributed by atoms with Crippen molar-refractivity contribution in [3.8, 4) is 0 Å². The predicted molar refractivity (Wildman–Crippen MR) is 78.2 cm³/mol. The molecule has 1 saturated heterocycles. The Morgan fingerprint density at radius 1 is 1.21 bits per heavy atom. The van der Waals surface area contributed by atoms with Crippen LogP contribution < -0.4 is 10.6 Å². The van der Waals surface area contributed by atoms with Crippen LogP contribution >= 0.6 is 0 Å². The SMILES string of the molecule is CCCCCCCCCC(=O)NCC1COCCN1. The van der Waals surface area contributed by atoms with E-state index in [1.165, 1.54) is 38.5 Å². The molecule has 4 nitrogen and oxygen atoms in total. The summed E-state index contributed by atoms with van der Waals surface area (Å²) < 4.78 is 5.35. The van der Waals surface area contributed by atoms with Crippen molar-refractivity contribution in [1.82, 2.24) is 10.6 Å². The van der Waals surface area contributed by atoms with Crippen LogP contribution in [0.1, 0.15) is 58.3 Å². The second-order valence-electron chi connectivity index (χ2n) is 5.40. The molecule has 0 aromatic rings. The van der Waals surface area contributed by atoms with Gasteiger partial charge in [-0.25, -0.2) is 0 Å².